The largest absolute Gasteiger partial charge is 0.458 e. The summed E-state index contributed by atoms with van der Waals surface area (Å²) >= 11 is 3.37. The van der Waals surface area contributed by atoms with Crippen molar-refractivity contribution in [3.8, 4) is 0 Å². The molecule has 3 rings (SSSR count). The van der Waals surface area contributed by atoms with E-state index >= 15 is 0 Å². The van der Waals surface area contributed by atoms with E-state index in [0.29, 0.717) is 6.04 Å². The van der Waals surface area contributed by atoms with E-state index < -0.39 is 0 Å². The predicted octanol–water partition coefficient (Wildman–Crippen LogP) is 3.36. The molecule has 0 aromatic carbocycles. The van der Waals surface area contributed by atoms with Crippen molar-refractivity contribution in [1.29, 1.82) is 0 Å². The van der Waals surface area contributed by atoms with Crippen molar-refractivity contribution in [3.05, 3.63) is 28.6 Å². The Morgan fingerprint density at radius 1 is 1.50 bits per heavy atom. The number of furan rings is 1. The zero-order chi connectivity index (χ0) is 11.1. The molecule has 3 heterocycles. The molecule has 0 spiro atoms. The number of rotatable bonds is 1. The second-order valence-electron chi connectivity index (χ2n) is 4.30. The molecule has 1 saturated heterocycles. The van der Waals surface area contributed by atoms with Crippen LogP contribution in [-0.4, -0.2) is 23.5 Å². The summed E-state index contributed by atoms with van der Waals surface area (Å²) in [5.41, 5.74) is 1.81. The normalized spacial score (nSPS) is 22.0. The molecule has 1 atom stereocenters. The van der Waals surface area contributed by atoms with Crippen LogP contribution < -0.4 is 0 Å². The van der Waals surface area contributed by atoms with Crippen LogP contribution in [0.3, 0.4) is 0 Å². The van der Waals surface area contributed by atoms with Crippen LogP contribution >= 0.6 is 15.9 Å². The number of aromatic nitrogens is 1. The summed E-state index contributed by atoms with van der Waals surface area (Å²) in [7, 11) is 2.15. The fraction of sp³-hybridized carbons (Fsp3) is 0.417. The van der Waals surface area contributed by atoms with Crippen molar-refractivity contribution in [2.75, 3.05) is 13.6 Å². The molecular formula is C12H13BrN2O. The number of hydrogen-bond acceptors (Lipinski definition) is 3. The highest BCUT2D eigenvalue weighted by atomic mass is 79.9. The lowest BCUT2D eigenvalue weighted by molar-refractivity contribution is 0.281. The van der Waals surface area contributed by atoms with Crippen LogP contribution in [0, 0.1) is 0 Å². The molecule has 16 heavy (non-hydrogen) atoms. The molecule has 2 aromatic heterocycles. The SMILES string of the molecule is CN1CCC[C@H]1c1cc2nc(Br)ccc2o1. The van der Waals surface area contributed by atoms with Gasteiger partial charge in [-0.2, -0.15) is 0 Å². The molecule has 4 heteroatoms. The van der Waals surface area contributed by atoms with Crippen LogP contribution in [0.25, 0.3) is 11.1 Å². The fourth-order valence-corrected chi connectivity index (χ4v) is 2.68. The lowest BCUT2D eigenvalue weighted by atomic mass is 10.2. The number of likely N-dealkylation sites (tertiary alicyclic amines) is 1. The number of fused-ring (bicyclic) bond motifs is 1. The molecule has 1 aliphatic heterocycles. The second-order valence-corrected chi connectivity index (χ2v) is 5.12. The third kappa shape index (κ3) is 1.66. The molecule has 84 valence electrons. The van der Waals surface area contributed by atoms with Gasteiger partial charge >= 0.3 is 0 Å². The fourth-order valence-electron chi connectivity index (χ4n) is 2.35. The molecular weight excluding hydrogens is 268 g/mol. The van der Waals surface area contributed by atoms with Gasteiger partial charge in [-0.3, -0.25) is 4.90 Å². The minimum absolute atomic E-state index is 0.424. The zero-order valence-corrected chi connectivity index (χ0v) is 10.7. The van der Waals surface area contributed by atoms with Gasteiger partial charge in [-0.05, 0) is 54.5 Å². The molecule has 1 fully saturated rings. The monoisotopic (exact) mass is 280 g/mol. The number of hydrogen-bond donors (Lipinski definition) is 0. The van der Waals surface area contributed by atoms with Crippen LogP contribution in [0.1, 0.15) is 24.6 Å². The summed E-state index contributed by atoms with van der Waals surface area (Å²) in [5, 5.41) is 0. The summed E-state index contributed by atoms with van der Waals surface area (Å²) in [6.07, 6.45) is 2.42. The van der Waals surface area contributed by atoms with E-state index in [2.05, 4.69) is 38.9 Å². The average Bonchev–Trinajstić information content (AvgIpc) is 2.82. The highest BCUT2D eigenvalue weighted by molar-refractivity contribution is 9.10. The standard InChI is InChI=1S/C12H13BrN2O/c1-15-6-2-3-9(15)11-7-8-10(16-11)4-5-12(13)14-8/h4-5,7,9H,2-3,6H2,1H3/t9-/m0/s1. The number of halogens is 1. The number of nitrogens with zero attached hydrogens (tertiary/aromatic N) is 2. The zero-order valence-electron chi connectivity index (χ0n) is 9.11. The van der Waals surface area contributed by atoms with Gasteiger partial charge in [-0.25, -0.2) is 4.98 Å². The summed E-state index contributed by atoms with van der Waals surface area (Å²) < 4.78 is 6.71. The van der Waals surface area contributed by atoms with Gasteiger partial charge in [0.2, 0.25) is 0 Å². The Morgan fingerprint density at radius 2 is 2.38 bits per heavy atom. The minimum atomic E-state index is 0.424. The van der Waals surface area contributed by atoms with Crippen LogP contribution in [0.15, 0.2) is 27.2 Å². The Morgan fingerprint density at radius 3 is 3.12 bits per heavy atom. The van der Waals surface area contributed by atoms with Crippen molar-refractivity contribution in [1.82, 2.24) is 9.88 Å². The molecule has 0 bridgehead atoms. The van der Waals surface area contributed by atoms with Crippen molar-refractivity contribution in [2.45, 2.75) is 18.9 Å². The average molecular weight is 281 g/mol. The summed E-state index contributed by atoms with van der Waals surface area (Å²) in [5.74, 6) is 1.04. The molecule has 0 radical (unpaired) electrons. The first kappa shape index (κ1) is 10.3. The Balaban J connectivity index is 2.04. The molecule has 0 aliphatic carbocycles. The maximum absolute atomic E-state index is 5.85. The number of pyridine rings is 1. The maximum Gasteiger partial charge on any atom is 0.152 e. The van der Waals surface area contributed by atoms with E-state index in [1.807, 2.05) is 12.1 Å². The molecule has 0 N–H and O–H groups in total. The third-order valence-electron chi connectivity index (χ3n) is 3.21. The van der Waals surface area contributed by atoms with Gasteiger partial charge in [0.05, 0.1) is 6.04 Å². The topological polar surface area (TPSA) is 29.3 Å². The highest BCUT2D eigenvalue weighted by Crippen LogP contribution is 2.33. The molecule has 0 unspecified atom stereocenters. The van der Waals surface area contributed by atoms with E-state index in [1.165, 1.54) is 12.8 Å². The van der Waals surface area contributed by atoms with E-state index in [-0.39, 0.29) is 0 Å². The summed E-state index contributed by atoms with van der Waals surface area (Å²) in [6, 6.07) is 6.36. The van der Waals surface area contributed by atoms with Crippen molar-refractivity contribution < 1.29 is 4.42 Å². The van der Waals surface area contributed by atoms with Crippen LogP contribution in [0.2, 0.25) is 0 Å². The van der Waals surface area contributed by atoms with Crippen LogP contribution in [0.5, 0.6) is 0 Å². The highest BCUT2D eigenvalue weighted by Gasteiger charge is 2.25. The van der Waals surface area contributed by atoms with Gasteiger partial charge in [0.25, 0.3) is 0 Å². The lowest BCUT2D eigenvalue weighted by Gasteiger charge is -2.16. The molecule has 0 amide bonds. The van der Waals surface area contributed by atoms with E-state index in [1.54, 1.807) is 0 Å². The quantitative estimate of drug-likeness (QED) is 0.751. The Labute approximate surface area is 103 Å². The Bertz CT molecular complexity index is 523. The van der Waals surface area contributed by atoms with E-state index in [0.717, 1.165) is 28.0 Å². The van der Waals surface area contributed by atoms with Crippen LogP contribution in [0.4, 0.5) is 0 Å². The van der Waals surface area contributed by atoms with Gasteiger partial charge in [0.15, 0.2) is 5.58 Å². The van der Waals surface area contributed by atoms with Crippen molar-refractivity contribution in [2.24, 2.45) is 0 Å². The first-order chi connectivity index (χ1) is 7.74. The molecule has 1 aliphatic rings. The third-order valence-corrected chi connectivity index (χ3v) is 3.65. The van der Waals surface area contributed by atoms with Crippen molar-refractivity contribution >= 4 is 27.0 Å². The van der Waals surface area contributed by atoms with Crippen molar-refractivity contribution in [3.63, 3.8) is 0 Å². The molecule has 3 nitrogen and oxygen atoms in total. The molecule has 0 saturated carbocycles. The van der Waals surface area contributed by atoms with Gasteiger partial charge in [0, 0.05) is 6.07 Å². The van der Waals surface area contributed by atoms with Gasteiger partial charge in [-0.15, -0.1) is 0 Å². The van der Waals surface area contributed by atoms with Gasteiger partial charge in [-0.1, -0.05) is 0 Å². The summed E-state index contributed by atoms with van der Waals surface area (Å²) in [4.78, 5) is 6.74. The smallest absolute Gasteiger partial charge is 0.152 e. The predicted molar refractivity (Wildman–Crippen MR) is 66.3 cm³/mol. The van der Waals surface area contributed by atoms with Gasteiger partial charge < -0.3 is 4.42 Å². The Hall–Kier alpha value is -0.870. The van der Waals surface area contributed by atoms with E-state index in [4.69, 9.17) is 4.42 Å². The minimum Gasteiger partial charge on any atom is -0.458 e. The second kappa shape index (κ2) is 3.86. The lowest BCUT2D eigenvalue weighted by Crippen LogP contribution is -2.16. The first-order valence-corrected chi connectivity index (χ1v) is 6.29. The maximum atomic E-state index is 5.85. The van der Waals surface area contributed by atoms with Crippen LogP contribution in [-0.2, 0) is 0 Å². The summed E-state index contributed by atoms with van der Waals surface area (Å²) in [6.45, 7) is 1.15. The first-order valence-electron chi connectivity index (χ1n) is 5.50. The van der Waals surface area contributed by atoms with E-state index in [9.17, 15) is 0 Å². The molecule has 2 aromatic rings. The Kier molecular flexibility index (Phi) is 2.48. The van der Waals surface area contributed by atoms with Gasteiger partial charge in [0.1, 0.15) is 15.9 Å².